The lowest BCUT2D eigenvalue weighted by molar-refractivity contribution is -0.111. The van der Waals surface area contributed by atoms with Crippen LogP contribution in [0.1, 0.15) is 13.3 Å². The summed E-state index contributed by atoms with van der Waals surface area (Å²) in [4.78, 5) is 10.4. The number of ether oxygens (including phenoxy) is 1. The number of hydrogen-bond acceptors (Lipinski definition) is 2. The van der Waals surface area contributed by atoms with Crippen LogP contribution in [0.4, 0.5) is 0 Å². The summed E-state index contributed by atoms with van der Waals surface area (Å²) >= 11 is 0. The largest absolute Gasteiger partial charge is 0.380 e. The summed E-state index contributed by atoms with van der Waals surface area (Å²) in [5, 5.41) is 0. The van der Waals surface area contributed by atoms with E-state index < -0.39 is 0 Å². The normalized spacial score (nSPS) is 17.4. The number of carbonyl (C=O) groups is 1. The van der Waals surface area contributed by atoms with E-state index >= 15 is 0 Å². The maximum atomic E-state index is 10.4. The van der Waals surface area contributed by atoms with Crippen molar-refractivity contribution >= 4 is 6.29 Å². The second-order valence-electron chi connectivity index (χ2n) is 2.65. The van der Waals surface area contributed by atoms with Crippen LogP contribution >= 0.6 is 0 Å². The summed E-state index contributed by atoms with van der Waals surface area (Å²) in [5.74, 6) is -0.0125. The molecule has 1 radical (unpaired) electrons. The van der Waals surface area contributed by atoms with E-state index in [-0.39, 0.29) is 5.92 Å². The van der Waals surface area contributed by atoms with Crippen molar-refractivity contribution in [3.05, 3.63) is 18.1 Å². The molecule has 0 spiro atoms. The van der Waals surface area contributed by atoms with Crippen molar-refractivity contribution in [3.63, 3.8) is 0 Å². The van der Waals surface area contributed by atoms with Gasteiger partial charge >= 0.3 is 0 Å². The highest BCUT2D eigenvalue weighted by Gasteiger charge is 2.19. The summed E-state index contributed by atoms with van der Waals surface area (Å²) in [5.41, 5.74) is 1.12. The molecule has 0 amide bonds. The molecule has 0 aromatic carbocycles. The number of rotatable bonds is 6. The molecule has 0 bridgehead atoms. The van der Waals surface area contributed by atoms with Crippen LogP contribution in [0.25, 0.3) is 0 Å². The Morgan fingerprint density at radius 1 is 1.73 bits per heavy atom. The minimum Gasteiger partial charge on any atom is -0.380 e. The van der Waals surface area contributed by atoms with E-state index in [2.05, 4.69) is 6.92 Å². The van der Waals surface area contributed by atoms with Crippen LogP contribution in [0.5, 0.6) is 0 Å². The van der Waals surface area contributed by atoms with E-state index in [0.717, 1.165) is 24.9 Å². The summed E-state index contributed by atoms with van der Waals surface area (Å²) in [6.07, 6.45) is 5.86. The first-order valence-corrected chi connectivity index (χ1v) is 3.96. The van der Waals surface area contributed by atoms with Gasteiger partial charge in [-0.1, -0.05) is 18.6 Å². The molecule has 2 nitrogen and oxygen atoms in total. The number of carbonyl (C=O) groups excluding carboxylic acids is 1. The first kappa shape index (κ1) is 8.47. The maximum absolute atomic E-state index is 10.4. The molecule has 0 saturated heterocycles. The lowest BCUT2D eigenvalue weighted by Gasteiger charge is -2.05. The molecule has 2 heteroatoms. The van der Waals surface area contributed by atoms with Crippen LogP contribution in [-0.2, 0) is 9.53 Å². The van der Waals surface area contributed by atoms with Gasteiger partial charge in [-0.15, -0.1) is 0 Å². The van der Waals surface area contributed by atoms with Crippen molar-refractivity contribution < 1.29 is 9.53 Å². The van der Waals surface area contributed by atoms with Crippen LogP contribution < -0.4 is 0 Å². The van der Waals surface area contributed by atoms with Crippen LogP contribution in [0.3, 0.4) is 0 Å². The lowest BCUT2D eigenvalue weighted by Crippen LogP contribution is -2.10. The summed E-state index contributed by atoms with van der Waals surface area (Å²) in [6.45, 7) is 3.34. The van der Waals surface area contributed by atoms with Crippen LogP contribution in [0, 0.1) is 12.3 Å². The van der Waals surface area contributed by atoms with Crippen LogP contribution in [0.2, 0.25) is 0 Å². The summed E-state index contributed by atoms with van der Waals surface area (Å²) in [6, 6.07) is 0. The summed E-state index contributed by atoms with van der Waals surface area (Å²) < 4.78 is 5.25. The zero-order valence-electron chi connectivity index (χ0n) is 6.75. The van der Waals surface area contributed by atoms with Gasteiger partial charge in [0, 0.05) is 13.0 Å². The van der Waals surface area contributed by atoms with Crippen molar-refractivity contribution in [2.75, 3.05) is 13.2 Å². The molecule has 1 aliphatic carbocycles. The van der Waals surface area contributed by atoms with Gasteiger partial charge in [-0.05, 0) is 6.42 Å². The zero-order valence-corrected chi connectivity index (χ0v) is 6.75. The minimum absolute atomic E-state index is 0.0125. The Labute approximate surface area is 67.2 Å². The fraction of sp³-hybridized carbons (Fsp3) is 0.556. The van der Waals surface area contributed by atoms with Crippen molar-refractivity contribution in [1.29, 1.82) is 0 Å². The van der Waals surface area contributed by atoms with Crippen LogP contribution in [0.15, 0.2) is 11.6 Å². The molecule has 0 heterocycles. The van der Waals surface area contributed by atoms with Gasteiger partial charge in [-0.25, -0.2) is 0 Å². The van der Waals surface area contributed by atoms with Crippen molar-refractivity contribution in [2.45, 2.75) is 13.3 Å². The minimum atomic E-state index is -0.0125. The highest BCUT2D eigenvalue weighted by Crippen LogP contribution is 2.25. The van der Waals surface area contributed by atoms with E-state index in [0.29, 0.717) is 6.61 Å². The Kier molecular flexibility index (Phi) is 3.30. The smallest absolute Gasteiger partial charge is 0.129 e. The van der Waals surface area contributed by atoms with Gasteiger partial charge in [0.15, 0.2) is 0 Å². The molecule has 1 rings (SSSR count). The van der Waals surface area contributed by atoms with E-state index in [1.165, 1.54) is 0 Å². The van der Waals surface area contributed by atoms with Crippen LogP contribution in [-0.4, -0.2) is 19.5 Å². The number of allylic oxidation sites excluding steroid dienone is 1. The quantitative estimate of drug-likeness (QED) is 0.425. The molecule has 0 saturated carbocycles. The van der Waals surface area contributed by atoms with Crippen molar-refractivity contribution in [3.8, 4) is 0 Å². The third-order valence-electron chi connectivity index (χ3n) is 1.60. The predicted octanol–water partition coefficient (Wildman–Crippen LogP) is 1.37. The molecule has 0 fully saturated rings. The Balaban J connectivity index is 2.11. The Bertz CT molecular complexity index is 161. The molecule has 0 N–H and O–H groups in total. The van der Waals surface area contributed by atoms with Gasteiger partial charge in [-0.2, -0.15) is 0 Å². The second kappa shape index (κ2) is 4.29. The van der Waals surface area contributed by atoms with Gasteiger partial charge in [-0.3, -0.25) is 0 Å². The third-order valence-corrected chi connectivity index (χ3v) is 1.60. The van der Waals surface area contributed by atoms with Gasteiger partial charge in [0.2, 0.25) is 0 Å². The molecule has 11 heavy (non-hydrogen) atoms. The van der Waals surface area contributed by atoms with E-state index in [1.807, 2.05) is 12.5 Å². The van der Waals surface area contributed by atoms with E-state index in [4.69, 9.17) is 4.74 Å². The van der Waals surface area contributed by atoms with Gasteiger partial charge < -0.3 is 9.53 Å². The molecule has 0 aromatic heterocycles. The third kappa shape index (κ3) is 2.85. The first-order valence-electron chi connectivity index (χ1n) is 3.96. The highest BCUT2D eigenvalue weighted by atomic mass is 16.5. The molecule has 1 aliphatic rings. The van der Waals surface area contributed by atoms with Gasteiger partial charge in [0.05, 0.1) is 12.5 Å². The van der Waals surface area contributed by atoms with E-state index in [9.17, 15) is 4.79 Å². The fourth-order valence-corrected chi connectivity index (χ4v) is 0.864. The SMILES string of the molecule is CCCOCC(C=O)C1=C[CH]1. The fourth-order valence-electron chi connectivity index (χ4n) is 0.864. The van der Waals surface area contributed by atoms with Gasteiger partial charge in [0.1, 0.15) is 6.29 Å². The molecular weight excluding hydrogens is 140 g/mol. The molecule has 0 aromatic rings. The standard InChI is InChI=1S/C9H13O2/c1-2-5-11-7-9(6-10)8-3-4-8/h3-4,6,9H,2,5,7H2,1H3. The topological polar surface area (TPSA) is 26.3 Å². The monoisotopic (exact) mass is 153 g/mol. The maximum Gasteiger partial charge on any atom is 0.129 e. The zero-order chi connectivity index (χ0) is 8.10. The number of hydrogen-bond donors (Lipinski definition) is 0. The molecule has 0 aliphatic heterocycles. The average Bonchev–Trinajstić information content (AvgIpc) is 2.81. The summed E-state index contributed by atoms with van der Waals surface area (Å²) in [7, 11) is 0. The average molecular weight is 153 g/mol. The molecule has 1 unspecified atom stereocenters. The molecule has 1 atom stereocenters. The van der Waals surface area contributed by atoms with Gasteiger partial charge in [0.25, 0.3) is 0 Å². The first-order chi connectivity index (χ1) is 5.38. The highest BCUT2D eigenvalue weighted by molar-refractivity contribution is 5.65. The Morgan fingerprint density at radius 2 is 2.45 bits per heavy atom. The molecule has 61 valence electrons. The van der Waals surface area contributed by atoms with E-state index in [1.54, 1.807) is 0 Å². The second-order valence-corrected chi connectivity index (χ2v) is 2.65. The Hall–Kier alpha value is -0.630. The molecular formula is C9H13O2. The van der Waals surface area contributed by atoms with Crippen molar-refractivity contribution in [1.82, 2.24) is 0 Å². The predicted molar refractivity (Wildman–Crippen MR) is 43.0 cm³/mol. The van der Waals surface area contributed by atoms with Crippen molar-refractivity contribution in [2.24, 2.45) is 5.92 Å². The Morgan fingerprint density at radius 3 is 2.91 bits per heavy atom. The lowest BCUT2D eigenvalue weighted by atomic mass is 10.1. The number of aldehydes is 1.